The molecular weight excluding hydrogens is 433 g/mol. The predicted molar refractivity (Wildman–Crippen MR) is 121 cm³/mol. The summed E-state index contributed by atoms with van der Waals surface area (Å²) >= 11 is 0. The Hall–Kier alpha value is -2.46. The van der Waals surface area contributed by atoms with E-state index in [0.717, 1.165) is 31.4 Å². The average Bonchev–Trinajstić information content (AvgIpc) is 3.06. The summed E-state index contributed by atoms with van der Waals surface area (Å²) in [5.41, 5.74) is 6.09. The van der Waals surface area contributed by atoms with Crippen molar-refractivity contribution >= 4 is 22.6 Å². The molecule has 2 fully saturated rings. The number of nitrogens with one attached hydrogen (secondary N) is 2. The van der Waals surface area contributed by atoms with E-state index in [0.29, 0.717) is 24.5 Å². The fourth-order valence-corrected chi connectivity index (χ4v) is 5.00. The molecule has 0 spiro atoms. The fourth-order valence-electron chi connectivity index (χ4n) is 5.00. The van der Waals surface area contributed by atoms with Gasteiger partial charge in [-0.1, -0.05) is 0 Å². The largest absolute Gasteiger partial charge is 0.416 e. The maximum Gasteiger partial charge on any atom is 0.416 e. The van der Waals surface area contributed by atoms with Crippen molar-refractivity contribution in [2.75, 3.05) is 11.9 Å². The molecule has 7 nitrogen and oxygen atoms in total. The number of hydrogen-bond acceptors (Lipinski definition) is 6. The van der Waals surface area contributed by atoms with E-state index in [-0.39, 0.29) is 34.7 Å². The molecule has 1 aromatic heterocycles. The highest BCUT2D eigenvalue weighted by atomic mass is 19.4. The number of carbonyl (C=O) groups is 1. The first-order valence-corrected chi connectivity index (χ1v) is 11.3. The van der Waals surface area contributed by atoms with Crippen LogP contribution in [0.2, 0.25) is 0 Å². The smallest absolute Gasteiger partial charge is 0.358 e. The van der Waals surface area contributed by atoms with E-state index in [1.807, 2.05) is 4.90 Å². The van der Waals surface area contributed by atoms with Gasteiger partial charge in [0.1, 0.15) is 18.2 Å². The van der Waals surface area contributed by atoms with Gasteiger partial charge in [0.05, 0.1) is 11.1 Å². The molecule has 1 aliphatic carbocycles. The van der Waals surface area contributed by atoms with Crippen LogP contribution >= 0.6 is 0 Å². The van der Waals surface area contributed by atoms with Crippen LogP contribution in [0.1, 0.15) is 52.0 Å². The van der Waals surface area contributed by atoms with Crippen LogP contribution in [0, 0.1) is 0 Å². The quantitative estimate of drug-likeness (QED) is 0.643. The summed E-state index contributed by atoms with van der Waals surface area (Å²) in [4.78, 5) is 23.2. The van der Waals surface area contributed by atoms with Crippen molar-refractivity contribution < 1.29 is 18.0 Å². The summed E-state index contributed by atoms with van der Waals surface area (Å²) in [7, 11) is 0. The first kappa shape index (κ1) is 23.7. The Kier molecular flexibility index (Phi) is 6.26. The van der Waals surface area contributed by atoms with Crippen LogP contribution in [-0.4, -0.2) is 57.0 Å². The molecule has 1 saturated carbocycles. The molecule has 2 heterocycles. The lowest BCUT2D eigenvalue weighted by atomic mass is 9.85. The normalized spacial score (nSPS) is 26.8. The van der Waals surface area contributed by atoms with Crippen LogP contribution in [0.4, 0.5) is 19.0 Å². The molecule has 0 bridgehead atoms. The third kappa shape index (κ3) is 5.22. The van der Waals surface area contributed by atoms with E-state index in [9.17, 15) is 18.0 Å². The number of carbonyl (C=O) groups excluding carboxylic acids is 1. The van der Waals surface area contributed by atoms with Crippen molar-refractivity contribution in [2.24, 2.45) is 5.73 Å². The number of halogens is 3. The SMILES string of the molecule is CC(C)(C)N[C@@H]1CC[C@H](N2CC[C@H](Nc3ncnc4ccc(C(F)(F)F)cc34)C2=O)[C@H](N)C1. The molecule has 2 aromatic rings. The minimum atomic E-state index is -4.47. The Morgan fingerprint density at radius 1 is 1.12 bits per heavy atom. The third-order valence-electron chi connectivity index (χ3n) is 6.41. The lowest BCUT2D eigenvalue weighted by Crippen LogP contribution is -2.57. The molecule has 4 rings (SSSR count). The topological polar surface area (TPSA) is 96.2 Å². The first-order chi connectivity index (χ1) is 15.4. The Balaban J connectivity index is 1.47. The number of amides is 1. The van der Waals surface area contributed by atoms with E-state index in [4.69, 9.17) is 5.73 Å². The summed E-state index contributed by atoms with van der Waals surface area (Å²) in [6, 6.07) is 2.92. The monoisotopic (exact) mass is 464 g/mol. The molecule has 0 radical (unpaired) electrons. The standard InChI is InChI=1S/C23H31F3N6O/c1-22(2,3)31-14-5-7-19(16(27)11-14)32-9-8-18(21(32)33)30-20-15-10-13(23(24,25)26)4-6-17(15)28-12-29-20/h4,6,10,12,14,16,18-19,31H,5,7-9,11,27H2,1-3H3,(H,28,29,30)/t14-,16-,18+,19+/m1/s1. The molecule has 1 aliphatic heterocycles. The second-order valence-corrected chi connectivity index (χ2v) is 10.1. The van der Waals surface area contributed by atoms with Crippen molar-refractivity contribution in [1.29, 1.82) is 0 Å². The van der Waals surface area contributed by atoms with Crippen LogP contribution in [0.5, 0.6) is 0 Å². The fraction of sp³-hybridized carbons (Fsp3) is 0.609. The van der Waals surface area contributed by atoms with Gasteiger partial charge in [-0.3, -0.25) is 4.79 Å². The summed E-state index contributed by atoms with van der Waals surface area (Å²) < 4.78 is 39.6. The second-order valence-electron chi connectivity index (χ2n) is 10.1. The van der Waals surface area contributed by atoms with Crippen LogP contribution in [0.25, 0.3) is 10.9 Å². The second kappa shape index (κ2) is 8.72. The number of fused-ring (bicyclic) bond motifs is 1. The minimum Gasteiger partial charge on any atom is -0.358 e. The van der Waals surface area contributed by atoms with E-state index in [2.05, 4.69) is 41.4 Å². The molecule has 180 valence electrons. The number of anilines is 1. The number of nitrogens with two attached hydrogens (primary N) is 1. The van der Waals surface area contributed by atoms with Gasteiger partial charge in [0.25, 0.3) is 0 Å². The van der Waals surface area contributed by atoms with Gasteiger partial charge in [-0.2, -0.15) is 13.2 Å². The molecule has 2 aliphatic rings. The lowest BCUT2D eigenvalue weighted by Gasteiger charge is -2.41. The maximum absolute atomic E-state index is 13.2. The highest BCUT2D eigenvalue weighted by Gasteiger charge is 2.41. The Morgan fingerprint density at radius 2 is 1.88 bits per heavy atom. The van der Waals surface area contributed by atoms with Crippen molar-refractivity contribution in [3.63, 3.8) is 0 Å². The molecule has 4 N–H and O–H groups in total. The third-order valence-corrected chi connectivity index (χ3v) is 6.41. The number of alkyl halides is 3. The Labute approximate surface area is 191 Å². The zero-order valence-corrected chi connectivity index (χ0v) is 19.1. The molecule has 1 saturated heterocycles. The van der Waals surface area contributed by atoms with Gasteiger partial charge < -0.3 is 21.3 Å². The van der Waals surface area contributed by atoms with E-state index in [1.165, 1.54) is 12.4 Å². The number of rotatable bonds is 4. The summed E-state index contributed by atoms with van der Waals surface area (Å²) in [5, 5.41) is 6.91. The lowest BCUT2D eigenvalue weighted by molar-refractivity contribution is -0.137. The zero-order valence-electron chi connectivity index (χ0n) is 19.1. The van der Waals surface area contributed by atoms with Gasteiger partial charge in [0, 0.05) is 35.6 Å². The van der Waals surface area contributed by atoms with Gasteiger partial charge in [0.2, 0.25) is 5.91 Å². The Bertz CT molecular complexity index is 1020. The van der Waals surface area contributed by atoms with Gasteiger partial charge >= 0.3 is 6.18 Å². The van der Waals surface area contributed by atoms with Crippen molar-refractivity contribution in [1.82, 2.24) is 20.2 Å². The van der Waals surface area contributed by atoms with Crippen LogP contribution in [-0.2, 0) is 11.0 Å². The Morgan fingerprint density at radius 3 is 2.55 bits per heavy atom. The van der Waals surface area contributed by atoms with E-state index >= 15 is 0 Å². The number of hydrogen-bond donors (Lipinski definition) is 3. The van der Waals surface area contributed by atoms with Crippen LogP contribution in [0.3, 0.4) is 0 Å². The molecular formula is C23H31F3N6O. The van der Waals surface area contributed by atoms with Gasteiger partial charge in [0.15, 0.2) is 0 Å². The molecule has 4 atom stereocenters. The summed E-state index contributed by atoms with van der Waals surface area (Å²) in [6.07, 6.45) is -0.101. The van der Waals surface area contributed by atoms with Crippen molar-refractivity contribution in [2.45, 2.75) is 82.3 Å². The minimum absolute atomic E-state index is 0.00198. The van der Waals surface area contributed by atoms with Crippen LogP contribution < -0.4 is 16.4 Å². The van der Waals surface area contributed by atoms with E-state index < -0.39 is 17.8 Å². The molecule has 33 heavy (non-hydrogen) atoms. The highest BCUT2D eigenvalue weighted by molar-refractivity contribution is 5.93. The molecule has 0 unspecified atom stereocenters. The highest BCUT2D eigenvalue weighted by Crippen LogP contribution is 2.33. The van der Waals surface area contributed by atoms with E-state index in [1.54, 1.807) is 0 Å². The maximum atomic E-state index is 13.2. The summed E-state index contributed by atoms with van der Waals surface area (Å²) in [5.74, 6) is 0.144. The summed E-state index contributed by atoms with van der Waals surface area (Å²) in [6.45, 7) is 6.93. The van der Waals surface area contributed by atoms with Crippen molar-refractivity contribution in [3.05, 3.63) is 30.1 Å². The zero-order chi connectivity index (χ0) is 24.0. The molecule has 1 amide bonds. The number of aromatic nitrogens is 2. The van der Waals surface area contributed by atoms with Crippen LogP contribution in [0.15, 0.2) is 24.5 Å². The van der Waals surface area contributed by atoms with Gasteiger partial charge in [-0.05, 0) is 64.7 Å². The van der Waals surface area contributed by atoms with Gasteiger partial charge in [-0.25, -0.2) is 9.97 Å². The number of nitrogens with zero attached hydrogens (tertiary/aromatic N) is 3. The van der Waals surface area contributed by atoms with Gasteiger partial charge in [-0.15, -0.1) is 0 Å². The molecule has 10 heteroatoms. The average molecular weight is 465 g/mol. The number of likely N-dealkylation sites (tertiary alicyclic amines) is 1. The van der Waals surface area contributed by atoms with Crippen molar-refractivity contribution in [3.8, 4) is 0 Å². The molecule has 1 aromatic carbocycles. The first-order valence-electron chi connectivity index (χ1n) is 11.3. The predicted octanol–water partition coefficient (Wildman–Crippen LogP) is 3.30. The number of benzene rings is 1.